The van der Waals surface area contributed by atoms with Crippen molar-refractivity contribution in [3.63, 3.8) is 0 Å². The molecule has 37 heavy (non-hydrogen) atoms. The maximum atomic E-state index is 13.5. The van der Waals surface area contributed by atoms with Crippen LogP contribution in [-0.4, -0.2) is 46.4 Å². The van der Waals surface area contributed by atoms with Crippen LogP contribution in [0.1, 0.15) is 48.1 Å². The molecule has 0 aliphatic carbocycles. The number of benzene rings is 1. The highest BCUT2D eigenvalue weighted by molar-refractivity contribution is 6.77. The van der Waals surface area contributed by atoms with Crippen LogP contribution >= 0.6 is 0 Å². The molecule has 3 aromatic rings. The number of carboxylic acid groups (broad SMARTS) is 1. The fourth-order valence-electron chi connectivity index (χ4n) is 5.14. The Bertz CT molecular complexity index is 1540. The molecule has 0 radical (unpaired) electrons. The van der Waals surface area contributed by atoms with E-state index in [2.05, 4.69) is 26.6 Å². The van der Waals surface area contributed by atoms with E-state index in [9.17, 15) is 19.5 Å². The summed E-state index contributed by atoms with van der Waals surface area (Å²) in [4.78, 5) is 42.2. The minimum atomic E-state index is -1.89. The first-order chi connectivity index (χ1) is 17.4. The summed E-state index contributed by atoms with van der Waals surface area (Å²) in [6.45, 7) is 10.3. The van der Waals surface area contributed by atoms with E-state index in [1.165, 1.54) is 0 Å². The molecule has 0 amide bonds. The Morgan fingerprint density at radius 2 is 2.00 bits per heavy atom. The summed E-state index contributed by atoms with van der Waals surface area (Å²) in [5.74, 6) is -1.42. The molecule has 5 rings (SSSR count). The Hall–Kier alpha value is -3.50. The van der Waals surface area contributed by atoms with Crippen molar-refractivity contribution in [2.24, 2.45) is 0 Å². The average Bonchev–Trinajstić information content (AvgIpc) is 3.21. The van der Waals surface area contributed by atoms with E-state index in [0.717, 1.165) is 11.1 Å². The normalized spacial score (nSPS) is 19.1. The van der Waals surface area contributed by atoms with Crippen LogP contribution in [-0.2, 0) is 33.1 Å². The van der Waals surface area contributed by atoms with Crippen molar-refractivity contribution in [2.75, 3.05) is 6.61 Å². The van der Waals surface area contributed by atoms with Gasteiger partial charge in [0.05, 0.1) is 37.1 Å². The van der Waals surface area contributed by atoms with E-state index in [1.54, 1.807) is 23.6 Å². The molecule has 0 saturated heterocycles. The zero-order chi connectivity index (χ0) is 26.9. The minimum absolute atomic E-state index is 0.0713. The number of cyclic esters (lactones) is 1. The van der Waals surface area contributed by atoms with E-state index in [1.807, 2.05) is 12.1 Å². The SMILES string of the molecule is CC[C@@]1(O)C(=O)OCc2c1cc1n(c2=O)Cc2cc3c(OCC(=O)O)ccc(C(C)[Si](C)(C)C)c3nc2-1. The van der Waals surface area contributed by atoms with Gasteiger partial charge in [-0.3, -0.25) is 4.79 Å². The van der Waals surface area contributed by atoms with Crippen molar-refractivity contribution in [3.05, 3.63) is 56.9 Å². The molecular formula is C27H30N2O7Si. The van der Waals surface area contributed by atoms with Crippen LogP contribution in [0.5, 0.6) is 5.75 Å². The highest BCUT2D eigenvalue weighted by atomic mass is 28.3. The lowest BCUT2D eigenvalue weighted by atomic mass is 9.86. The number of carbonyl (C=O) groups excluding carboxylic acids is 1. The Morgan fingerprint density at radius 1 is 1.27 bits per heavy atom. The molecule has 2 N–H and O–H groups in total. The van der Waals surface area contributed by atoms with Crippen LogP contribution in [0.4, 0.5) is 0 Å². The molecule has 1 unspecified atom stereocenters. The quantitative estimate of drug-likeness (QED) is 0.291. The highest BCUT2D eigenvalue weighted by Gasteiger charge is 2.45. The van der Waals surface area contributed by atoms with E-state index >= 15 is 0 Å². The average molecular weight is 523 g/mol. The van der Waals surface area contributed by atoms with Crippen molar-refractivity contribution in [2.45, 2.75) is 64.2 Å². The fraction of sp³-hybridized carbons (Fsp3) is 0.407. The molecule has 2 aromatic heterocycles. The Morgan fingerprint density at radius 3 is 2.65 bits per heavy atom. The lowest BCUT2D eigenvalue weighted by Gasteiger charge is -2.31. The van der Waals surface area contributed by atoms with E-state index in [-0.39, 0.29) is 41.8 Å². The number of carbonyl (C=O) groups is 2. The van der Waals surface area contributed by atoms with Gasteiger partial charge in [-0.15, -0.1) is 0 Å². The number of aromatic nitrogens is 2. The molecule has 9 nitrogen and oxygen atoms in total. The van der Waals surface area contributed by atoms with Crippen LogP contribution in [0.15, 0.2) is 29.1 Å². The number of aliphatic carboxylic acids is 1. The smallest absolute Gasteiger partial charge is 0.343 e. The number of rotatable bonds is 6. The maximum Gasteiger partial charge on any atom is 0.343 e. The van der Waals surface area contributed by atoms with Gasteiger partial charge in [0.15, 0.2) is 12.2 Å². The number of hydrogen-bond donors (Lipinski definition) is 2. The first kappa shape index (κ1) is 25.2. The second-order valence-corrected chi connectivity index (χ2v) is 16.5. The Kier molecular flexibility index (Phi) is 5.80. The number of carboxylic acids is 1. The molecule has 0 fully saturated rings. The van der Waals surface area contributed by atoms with Gasteiger partial charge in [-0.05, 0) is 35.7 Å². The van der Waals surface area contributed by atoms with Crippen molar-refractivity contribution < 1.29 is 29.3 Å². The van der Waals surface area contributed by atoms with Crippen LogP contribution in [0.2, 0.25) is 19.6 Å². The minimum Gasteiger partial charge on any atom is -0.481 e. The number of nitrogens with zero attached hydrogens (tertiary/aromatic N) is 2. The summed E-state index contributed by atoms with van der Waals surface area (Å²) >= 11 is 0. The number of ether oxygens (including phenoxy) is 2. The van der Waals surface area contributed by atoms with Gasteiger partial charge in [-0.1, -0.05) is 39.6 Å². The number of fused-ring (bicyclic) bond motifs is 5. The first-order valence-electron chi connectivity index (χ1n) is 12.3. The van der Waals surface area contributed by atoms with Crippen LogP contribution < -0.4 is 10.3 Å². The number of hydrogen-bond acceptors (Lipinski definition) is 7. The van der Waals surface area contributed by atoms with Gasteiger partial charge in [0.2, 0.25) is 0 Å². The van der Waals surface area contributed by atoms with Gasteiger partial charge in [-0.25, -0.2) is 14.6 Å². The van der Waals surface area contributed by atoms with Gasteiger partial charge >= 0.3 is 11.9 Å². The molecule has 2 aliphatic heterocycles. The topological polar surface area (TPSA) is 128 Å². The molecular weight excluding hydrogens is 492 g/mol. The maximum absolute atomic E-state index is 13.5. The molecule has 0 bridgehead atoms. The van der Waals surface area contributed by atoms with Gasteiger partial charge in [0, 0.05) is 16.5 Å². The zero-order valence-corrected chi connectivity index (χ0v) is 22.5. The lowest BCUT2D eigenvalue weighted by Crippen LogP contribution is -2.44. The van der Waals surface area contributed by atoms with Gasteiger partial charge in [-0.2, -0.15) is 0 Å². The summed E-state index contributed by atoms with van der Waals surface area (Å²) in [7, 11) is -1.64. The van der Waals surface area contributed by atoms with Crippen molar-refractivity contribution >= 4 is 30.9 Å². The number of aliphatic hydroxyl groups is 1. The van der Waals surface area contributed by atoms with Crippen molar-refractivity contribution in [3.8, 4) is 17.1 Å². The molecule has 0 saturated carbocycles. The van der Waals surface area contributed by atoms with Crippen molar-refractivity contribution in [1.82, 2.24) is 9.55 Å². The highest BCUT2D eigenvalue weighted by Crippen LogP contribution is 2.42. The third-order valence-electron chi connectivity index (χ3n) is 7.79. The summed E-state index contributed by atoms with van der Waals surface area (Å²) in [6, 6.07) is 7.34. The number of esters is 1. The lowest BCUT2D eigenvalue weighted by molar-refractivity contribution is -0.172. The summed E-state index contributed by atoms with van der Waals surface area (Å²) < 4.78 is 12.3. The van der Waals surface area contributed by atoms with Gasteiger partial charge in [0.25, 0.3) is 5.56 Å². The Balaban J connectivity index is 1.77. The van der Waals surface area contributed by atoms with Crippen LogP contribution in [0.25, 0.3) is 22.3 Å². The summed E-state index contributed by atoms with van der Waals surface area (Å²) in [5.41, 5.74) is 2.19. The first-order valence-corrected chi connectivity index (χ1v) is 15.9. The predicted octanol–water partition coefficient (Wildman–Crippen LogP) is 3.52. The molecule has 2 atom stereocenters. The predicted molar refractivity (Wildman–Crippen MR) is 139 cm³/mol. The molecule has 0 spiro atoms. The van der Waals surface area contributed by atoms with Gasteiger partial charge in [0.1, 0.15) is 12.4 Å². The fourth-order valence-corrected chi connectivity index (χ4v) is 6.31. The Labute approximate surface area is 214 Å². The standard InChI is InChI=1S/C27H30N2O7Si/c1-6-27(34)19-10-20-23-15(11-29(20)25(32)18(19)12-36-26(27)33)9-17-21(35-13-22(30)31)8-7-16(24(17)28-23)14(2)37(3,4)5/h7-10,14,34H,6,11-13H2,1-5H3,(H,30,31)/t14?,27-/m0/s1. The number of pyridine rings is 2. The van der Waals surface area contributed by atoms with Crippen LogP contribution in [0, 0.1) is 0 Å². The third-order valence-corrected chi connectivity index (χ3v) is 10.7. The molecule has 1 aromatic carbocycles. The monoisotopic (exact) mass is 522 g/mol. The summed E-state index contributed by atoms with van der Waals surface area (Å²) in [5, 5.41) is 21.0. The second kappa shape index (κ2) is 8.52. The van der Waals surface area contributed by atoms with E-state index in [0.29, 0.717) is 28.0 Å². The zero-order valence-electron chi connectivity index (χ0n) is 21.5. The van der Waals surface area contributed by atoms with Gasteiger partial charge < -0.3 is 24.3 Å². The largest absolute Gasteiger partial charge is 0.481 e. The van der Waals surface area contributed by atoms with Crippen LogP contribution in [0.3, 0.4) is 0 Å². The van der Waals surface area contributed by atoms with E-state index < -0.39 is 32.2 Å². The third kappa shape index (κ3) is 3.86. The van der Waals surface area contributed by atoms with Crippen molar-refractivity contribution in [1.29, 1.82) is 0 Å². The molecule has 4 heterocycles. The molecule has 10 heteroatoms. The molecule has 194 valence electrons. The second-order valence-electron chi connectivity index (χ2n) is 10.9. The molecule has 2 aliphatic rings. The van der Waals surface area contributed by atoms with E-state index in [4.69, 9.17) is 19.6 Å². The summed E-state index contributed by atoms with van der Waals surface area (Å²) in [6.07, 6.45) is 0.0713.